The summed E-state index contributed by atoms with van der Waals surface area (Å²) >= 11 is 3.62. The second-order valence-corrected chi connectivity index (χ2v) is 6.02. The number of nitrogens with one attached hydrogen (secondary N) is 1. The zero-order valence-electron chi connectivity index (χ0n) is 12.4. The molecule has 2 rings (SSSR count). The Bertz CT molecular complexity index is 560. The van der Waals surface area contributed by atoms with Gasteiger partial charge in [-0.1, -0.05) is 59.3 Å². The maximum atomic E-state index is 3.62. The van der Waals surface area contributed by atoms with Crippen LogP contribution in [0, 0.1) is 6.92 Å². The topological polar surface area (TPSA) is 12.0 Å². The van der Waals surface area contributed by atoms with E-state index in [4.69, 9.17) is 0 Å². The van der Waals surface area contributed by atoms with Gasteiger partial charge in [0.1, 0.15) is 0 Å². The van der Waals surface area contributed by atoms with Crippen LogP contribution in [0.4, 0.5) is 0 Å². The number of hydrogen-bond donors (Lipinski definition) is 1. The van der Waals surface area contributed by atoms with Gasteiger partial charge in [-0.3, -0.25) is 0 Å². The minimum Gasteiger partial charge on any atom is -0.313 e. The molecule has 0 aliphatic rings. The van der Waals surface area contributed by atoms with Crippen LogP contribution < -0.4 is 5.32 Å². The maximum absolute atomic E-state index is 3.62. The van der Waals surface area contributed by atoms with E-state index in [1.165, 1.54) is 26.7 Å². The molecule has 20 heavy (non-hydrogen) atoms. The molecule has 1 atom stereocenters. The highest BCUT2D eigenvalue weighted by Gasteiger charge is 2.13. The Balaban J connectivity index is 2.21. The first kappa shape index (κ1) is 15.3. The molecule has 1 unspecified atom stereocenters. The van der Waals surface area contributed by atoms with Gasteiger partial charge in [-0.05, 0) is 55.1 Å². The first-order chi connectivity index (χ1) is 9.65. The smallest absolute Gasteiger partial charge is 0.0361 e. The molecule has 106 valence electrons. The zero-order chi connectivity index (χ0) is 14.5. The second kappa shape index (κ2) is 7.05. The van der Waals surface area contributed by atoms with Crippen molar-refractivity contribution in [2.75, 3.05) is 7.05 Å². The lowest BCUT2D eigenvalue weighted by atomic mass is 9.95. The number of halogens is 1. The molecule has 2 aromatic rings. The van der Waals surface area contributed by atoms with E-state index in [1.54, 1.807) is 0 Å². The SMILES string of the molecule is CCc1ccc(CC(NC)c2cccc(Br)c2C)cc1. The van der Waals surface area contributed by atoms with Crippen LogP contribution in [0.25, 0.3) is 0 Å². The monoisotopic (exact) mass is 331 g/mol. The van der Waals surface area contributed by atoms with Crippen molar-refractivity contribution in [3.8, 4) is 0 Å². The van der Waals surface area contributed by atoms with Crippen LogP contribution >= 0.6 is 15.9 Å². The van der Waals surface area contributed by atoms with Crippen molar-refractivity contribution in [3.63, 3.8) is 0 Å². The number of rotatable bonds is 5. The Hall–Kier alpha value is -1.12. The van der Waals surface area contributed by atoms with Crippen LogP contribution in [-0.4, -0.2) is 7.05 Å². The molecule has 2 heteroatoms. The predicted octanol–water partition coefficient (Wildman–Crippen LogP) is 4.82. The van der Waals surface area contributed by atoms with Gasteiger partial charge in [0.05, 0.1) is 0 Å². The van der Waals surface area contributed by atoms with Gasteiger partial charge in [-0.15, -0.1) is 0 Å². The van der Waals surface area contributed by atoms with Gasteiger partial charge in [0.25, 0.3) is 0 Å². The summed E-state index contributed by atoms with van der Waals surface area (Å²) in [6.07, 6.45) is 2.11. The van der Waals surface area contributed by atoms with E-state index < -0.39 is 0 Å². The number of likely N-dealkylation sites (N-methyl/N-ethyl adjacent to an activating group) is 1. The molecule has 0 radical (unpaired) electrons. The summed E-state index contributed by atoms with van der Waals surface area (Å²) in [7, 11) is 2.03. The third kappa shape index (κ3) is 3.50. The zero-order valence-corrected chi connectivity index (χ0v) is 14.0. The number of benzene rings is 2. The summed E-state index contributed by atoms with van der Waals surface area (Å²) in [5.74, 6) is 0. The fourth-order valence-corrected chi connectivity index (χ4v) is 2.90. The molecule has 0 saturated carbocycles. The molecule has 1 N–H and O–H groups in total. The Kier molecular flexibility index (Phi) is 5.38. The highest BCUT2D eigenvalue weighted by atomic mass is 79.9. The van der Waals surface area contributed by atoms with Crippen LogP contribution in [0.1, 0.15) is 35.2 Å². The molecule has 0 amide bonds. The number of aryl methyl sites for hydroxylation is 1. The molecular weight excluding hydrogens is 310 g/mol. The highest BCUT2D eigenvalue weighted by molar-refractivity contribution is 9.10. The third-order valence-corrected chi connectivity index (χ3v) is 4.76. The molecule has 0 fully saturated rings. The van der Waals surface area contributed by atoms with E-state index >= 15 is 0 Å². The molecular formula is C18H22BrN. The van der Waals surface area contributed by atoms with Crippen LogP contribution in [0.15, 0.2) is 46.9 Å². The van der Waals surface area contributed by atoms with E-state index in [9.17, 15) is 0 Å². The molecule has 0 aliphatic carbocycles. The van der Waals surface area contributed by atoms with Gasteiger partial charge in [-0.25, -0.2) is 0 Å². The van der Waals surface area contributed by atoms with Crippen molar-refractivity contribution in [1.29, 1.82) is 0 Å². The van der Waals surface area contributed by atoms with E-state index in [2.05, 4.69) is 77.6 Å². The minimum absolute atomic E-state index is 0.347. The molecule has 2 aromatic carbocycles. The summed E-state index contributed by atoms with van der Waals surface area (Å²) in [5, 5.41) is 3.44. The molecule has 0 aromatic heterocycles. The van der Waals surface area contributed by atoms with Crippen LogP contribution in [-0.2, 0) is 12.8 Å². The van der Waals surface area contributed by atoms with Gasteiger partial charge in [-0.2, -0.15) is 0 Å². The fraction of sp³-hybridized carbons (Fsp3) is 0.333. The van der Waals surface area contributed by atoms with Crippen molar-refractivity contribution < 1.29 is 0 Å². The van der Waals surface area contributed by atoms with Gasteiger partial charge in [0, 0.05) is 10.5 Å². The van der Waals surface area contributed by atoms with Crippen LogP contribution in [0.5, 0.6) is 0 Å². The Morgan fingerprint density at radius 1 is 1.05 bits per heavy atom. The van der Waals surface area contributed by atoms with Crippen LogP contribution in [0.2, 0.25) is 0 Å². The van der Waals surface area contributed by atoms with Crippen molar-refractivity contribution >= 4 is 15.9 Å². The fourth-order valence-electron chi connectivity index (χ4n) is 2.52. The second-order valence-electron chi connectivity index (χ2n) is 5.17. The summed E-state index contributed by atoms with van der Waals surface area (Å²) in [6, 6.07) is 15.7. The first-order valence-corrected chi connectivity index (χ1v) is 7.95. The highest BCUT2D eigenvalue weighted by Crippen LogP contribution is 2.26. The first-order valence-electron chi connectivity index (χ1n) is 7.15. The average molecular weight is 332 g/mol. The maximum Gasteiger partial charge on any atom is 0.0361 e. The summed E-state index contributed by atoms with van der Waals surface area (Å²) < 4.78 is 1.18. The average Bonchev–Trinajstić information content (AvgIpc) is 2.48. The Labute approximate surface area is 130 Å². The van der Waals surface area contributed by atoms with Crippen molar-refractivity contribution in [3.05, 3.63) is 69.2 Å². The largest absolute Gasteiger partial charge is 0.313 e. The Morgan fingerprint density at radius 2 is 1.70 bits per heavy atom. The van der Waals surface area contributed by atoms with Crippen molar-refractivity contribution in [1.82, 2.24) is 5.32 Å². The minimum atomic E-state index is 0.347. The number of hydrogen-bond acceptors (Lipinski definition) is 1. The standard InChI is InChI=1S/C18H22BrN/c1-4-14-8-10-15(11-9-14)12-18(20-3)16-6-5-7-17(19)13(16)2/h5-11,18,20H,4,12H2,1-3H3. The van der Waals surface area contributed by atoms with Gasteiger partial charge in [0.2, 0.25) is 0 Å². The van der Waals surface area contributed by atoms with E-state index in [0.29, 0.717) is 6.04 Å². The summed E-state index contributed by atoms with van der Waals surface area (Å²) in [5.41, 5.74) is 5.45. The quantitative estimate of drug-likeness (QED) is 0.827. The summed E-state index contributed by atoms with van der Waals surface area (Å²) in [4.78, 5) is 0. The van der Waals surface area contributed by atoms with E-state index in [-0.39, 0.29) is 0 Å². The molecule has 0 bridgehead atoms. The van der Waals surface area contributed by atoms with Gasteiger partial charge < -0.3 is 5.32 Å². The van der Waals surface area contributed by atoms with Crippen LogP contribution in [0.3, 0.4) is 0 Å². The van der Waals surface area contributed by atoms with E-state index in [0.717, 1.165) is 12.8 Å². The normalized spacial score (nSPS) is 12.4. The molecule has 0 spiro atoms. The lowest BCUT2D eigenvalue weighted by Gasteiger charge is -2.20. The van der Waals surface area contributed by atoms with Crippen molar-refractivity contribution in [2.45, 2.75) is 32.7 Å². The molecule has 0 saturated heterocycles. The van der Waals surface area contributed by atoms with Gasteiger partial charge >= 0.3 is 0 Å². The lowest BCUT2D eigenvalue weighted by Crippen LogP contribution is -2.20. The predicted molar refractivity (Wildman–Crippen MR) is 90.2 cm³/mol. The van der Waals surface area contributed by atoms with E-state index in [1.807, 2.05) is 7.05 Å². The molecule has 0 heterocycles. The molecule has 0 aliphatic heterocycles. The third-order valence-electron chi connectivity index (χ3n) is 3.90. The lowest BCUT2D eigenvalue weighted by molar-refractivity contribution is 0.588. The van der Waals surface area contributed by atoms with Gasteiger partial charge in [0.15, 0.2) is 0 Å². The summed E-state index contributed by atoms with van der Waals surface area (Å²) in [6.45, 7) is 4.36. The van der Waals surface area contributed by atoms with Crippen molar-refractivity contribution in [2.24, 2.45) is 0 Å². The Morgan fingerprint density at radius 3 is 2.30 bits per heavy atom. The molecule has 1 nitrogen and oxygen atoms in total.